The third kappa shape index (κ3) is 7.64. The third-order valence-electron chi connectivity index (χ3n) is 3.18. The zero-order valence-electron chi connectivity index (χ0n) is 14.9. The molecule has 0 heterocycles. The lowest BCUT2D eigenvalue weighted by Gasteiger charge is -2.23. The van der Waals surface area contributed by atoms with Crippen molar-refractivity contribution in [3.63, 3.8) is 0 Å². The molecule has 1 rings (SSSR count). The third-order valence-corrected chi connectivity index (χ3v) is 3.18. The Hall–Kier alpha value is -1.82. The quantitative estimate of drug-likeness (QED) is 0.711. The smallest absolute Gasteiger partial charge is 0.407 e. The summed E-state index contributed by atoms with van der Waals surface area (Å²) in [5, 5.41) is 12.0. The first-order valence-corrected chi connectivity index (χ1v) is 8.26. The fourth-order valence-corrected chi connectivity index (χ4v) is 2.03. The number of amides is 1. The number of hydrogen-bond acceptors (Lipinski definition) is 4. The number of aliphatic hydroxyl groups is 1. The fraction of sp³-hybridized carbons (Fsp3) is 0.611. The summed E-state index contributed by atoms with van der Waals surface area (Å²) < 4.78 is 24.5. The highest BCUT2D eigenvalue weighted by Gasteiger charge is 2.19. The molecule has 0 aliphatic rings. The Morgan fingerprint density at radius 2 is 2.08 bits per heavy atom. The zero-order valence-corrected chi connectivity index (χ0v) is 14.9. The molecule has 0 saturated heterocycles. The summed E-state index contributed by atoms with van der Waals surface area (Å²) in [6, 6.07) is 4.11. The van der Waals surface area contributed by atoms with Gasteiger partial charge in [0.15, 0.2) is 11.6 Å². The van der Waals surface area contributed by atoms with Crippen molar-refractivity contribution in [3.8, 4) is 5.75 Å². The number of nitrogens with one attached hydrogen (secondary N) is 1. The van der Waals surface area contributed by atoms with Crippen molar-refractivity contribution in [1.29, 1.82) is 0 Å². The maximum Gasteiger partial charge on any atom is 0.407 e. The molecule has 5 nitrogen and oxygen atoms in total. The number of ether oxygens (including phenoxy) is 2. The van der Waals surface area contributed by atoms with E-state index < -0.39 is 23.6 Å². The summed E-state index contributed by atoms with van der Waals surface area (Å²) in [5.74, 6) is -0.231. The van der Waals surface area contributed by atoms with E-state index in [4.69, 9.17) is 9.47 Å². The number of unbranched alkanes of at least 4 members (excludes halogenated alkanes) is 1. The molecule has 0 aromatic heterocycles. The molecule has 0 bridgehead atoms. The number of hydrogen-bond donors (Lipinski definition) is 2. The Balaban J connectivity index is 2.62. The van der Waals surface area contributed by atoms with Crippen molar-refractivity contribution in [1.82, 2.24) is 5.32 Å². The van der Waals surface area contributed by atoms with Crippen LogP contribution in [0.2, 0.25) is 0 Å². The maximum absolute atomic E-state index is 14.0. The van der Waals surface area contributed by atoms with E-state index in [1.165, 1.54) is 6.07 Å². The molecule has 0 aliphatic heterocycles. The van der Waals surface area contributed by atoms with Crippen molar-refractivity contribution < 1.29 is 23.8 Å². The van der Waals surface area contributed by atoms with E-state index >= 15 is 0 Å². The Morgan fingerprint density at radius 3 is 2.62 bits per heavy atom. The van der Waals surface area contributed by atoms with Crippen LogP contribution in [0.15, 0.2) is 18.2 Å². The Kier molecular flexibility index (Phi) is 7.98. The largest absolute Gasteiger partial charge is 0.491 e. The fourth-order valence-electron chi connectivity index (χ4n) is 2.03. The highest BCUT2D eigenvalue weighted by atomic mass is 19.1. The van der Waals surface area contributed by atoms with Crippen LogP contribution in [0.25, 0.3) is 0 Å². The van der Waals surface area contributed by atoms with Gasteiger partial charge in [-0.3, -0.25) is 0 Å². The van der Waals surface area contributed by atoms with Gasteiger partial charge in [-0.2, -0.15) is 0 Å². The van der Waals surface area contributed by atoms with Gasteiger partial charge in [0.05, 0.1) is 19.3 Å². The van der Waals surface area contributed by atoms with Gasteiger partial charge in [-0.25, -0.2) is 9.18 Å². The van der Waals surface area contributed by atoms with Crippen LogP contribution < -0.4 is 10.1 Å². The van der Waals surface area contributed by atoms with Crippen LogP contribution in [0.3, 0.4) is 0 Å². The minimum atomic E-state index is -0.617. The maximum atomic E-state index is 14.0. The summed E-state index contributed by atoms with van der Waals surface area (Å²) in [5.41, 5.74) is 0.0404. The molecule has 0 fully saturated rings. The van der Waals surface area contributed by atoms with Gasteiger partial charge in [-0.1, -0.05) is 19.4 Å². The Labute approximate surface area is 143 Å². The molecule has 1 unspecified atom stereocenters. The summed E-state index contributed by atoms with van der Waals surface area (Å²) in [6.45, 7) is 7.52. The van der Waals surface area contributed by atoms with Crippen molar-refractivity contribution in [2.24, 2.45) is 0 Å². The second-order valence-electron chi connectivity index (χ2n) is 6.70. The van der Waals surface area contributed by atoms with Gasteiger partial charge < -0.3 is 19.9 Å². The van der Waals surface area contributed by atoms with Crippen molar-refractivity contribution in [2.45, 2.75) is 58.6 Å². The molecule has 0 saturated carbocycles. The average molecular weight is 341 g/mol. The molecule has 1 atom stereocenters. The molecule has 1 aromatic rings. The minimum Gasteiger partial charge on any atom is -0.491 e. The number of alkyl carbamates (subject to hydrolysis) is 1. The van der Waals surface area contributed by atoms with E-state index in [-0.39, 0.29) is 12.4 Å². The summed E-state index contributed by atoms with van der Waals surface area (Å²) in [7, 11) is 0. The topological polar surface area (TPSA) is 67.8 Å². The molecule has 24 heavy (non-hydrogen) atoms. The van der Waals surface area contributed by atoms with Gasteiger partial charge in [0.25, 0.3) is 0 Å². The lowest BCUT2D eigenvalue weighted by atomic mass is 10.1. The van der Waals surface area contributed by atoms with Gasteiger partial charge in [0.1, 0.15) is 5.60 Å². The first-order valence-electron chi connectivity index (χ1n) is 8.26. The van der Waals surface area contributed by atoms with Crippen LogP contribution in [0.5, 0.6) is 5.75 Å². The van der Waals surface area contributed by atoms with Crippen LogP contribution in [0, 0.1) is 5.82 Å². The molecule has 2 N–H and O–H groups in total. The molecule has 6 heteroatoms. The van der Waals surface area contributed by atoms with Crippen molar-refractivity contribution in [2.75, 3.05) is 13.2 Å². The summed E-state index contributed by atoms with van der Waals surface area (Å²) in [6.07, 6.45) is 1.53. The van der Waals surface area contributed by atoms with Gasteiger partial charge in [0, 0.05) is 0 Å². The van der Waals surface area contributed by atoms with Gasteiger partial charge in [0.2, 0.25) is 0 Å². The Bertz CT molecular complexity index is 528. The van der Waals surface area contributed by atoms with E-state index in [2.05, 4.69) is 5.32 Å². The highest BCUT2D eigenvalue weighted by Crippen LogP contribution is 2.19. The molecular formula is C18H28FNO4. The predicted octanol–water partition coefficient (Wildman–Crippen LogP) is 3.43. The second-order valence-corrected chi connectivity index (χ2v) is 6.70. The standard InChI is InChI=1S/C18H28FNO4/c1-5-6-9-23-16-8-7-13(11-15(16)19)10-14(12-21)20-17(22)24-18(2,3)4/h7-8,11,14,21H,5-6,9-10,12H2,1-4H3,(H,20,22). The molecule has 1 aromatic carbocycles. The molecule has 136 valence electrons. The first kappa shape index (κ1) is 20.2. The number of rotatable bonds is 8. The van der Waals surface area contributed by atoms with Gasteiger partial charge in [-0.15, -0.1) is 0 Å². The van der Waals surface area contributed by atoms with Gasteiger partial charge >= 0.3 is 6.09 Å². The van der Waals surface area contributed by atoms with Gasteiger partial charge in [-0.05, 0) is 51.3 Å². The van der Waals surface area contributed by atoms with Crippen LogP contribution in [-0.2, 0) is 11.2 Å². The highest BCUT2D eigenvalue weighted by molar-refractivity contribution is 5.68. The predicted molar refractivity (Wildman–Crippen MR) is 90.8 cm³/mol. The number of halogens is 1. The van der Waals surface area contributed by atoms with E-state index in [0.717, 1.165) is 12.8 Å². The molecule has 0 spiro atoms. The summed E-state index contributed by atoms with van der Waals surface area (Å²) in [4.78, 5) is 11.7. The molecule has 0 radical (unpaired) electrons. The molecular weight excluding hydrogens is 313 g/mol. The lowest BCUT2D eigenvalue weighted by molar-refractivity contribution is 0.0483. The van der Waals surface area contributed by atoms with E-state index in [1.54, 1.807) is 32.9 Å². The van der Waals surface area contributed by atoms with Crippen LogP contribution >= 0.6 is 0 Å². The minimum absolute atomic E-state index is 0.216. The van der Waals surface area contributed by atoms with Crippen molar-refractivity contribution >= 4 is 6.09 Å². The number of benzene rings is 1. The van der Waals surface area contributed by atoms with E-state index in [0.29, 0.717) is 18.6 Å². The normalized spacial score (nSPS) is 12.6. The number of carbonyl (C=O) groups excluding carboxylic acids is 1. The monoisotopic (exact) mass is 341 g/mol. The van der Waals surface area contributed by atoms with E-state index in [9.17, 15) is 14.3 Å². The SMILES string of the molecule is CCCCOc1ccc(CC(CO)NC(=O)OC(C)(C)C)cc1F. The van der Waals surface area contributed by atoms with Crippen LogP contribution in [0.1, 0.15) is 46.1 Å². The first-order chi connectivity index (χ1) is 11.2. The van der Waals surface area contributed by atoms with Crippen molar-refractivity contribution in [3.05, 3.63) is 29.6 Å². The average Bonchev–Trinajstić information content (AvgIpc) is 2.47. The molecule has 0 aliphatic carbocycles. The number of carbonyl (C=O) groups is 1. The number of aliphatic hydroxyl groups excluding tert-OH is 1. The Morgan fingerprint density at radius 1 is 1.38 bits per heavy atom. The van der Waals surface area contributed by atoms with E-state index in [1.807, 2.05) is 6.92 Å². The zero-order chi connectivity index (χ0) is 18.2. The second kappa shape index (κ2) is 9.47. The lowest BCUT2D eigenvalue weighted by Crippen LogP contribution is -2.42. The van der Waals surface area contributed by atoms with Crippen LogP contribution in [0.4, 0.5) is 9.18 Å². The molecule has 1 amide bonds. The summed E-state index contributed by atoms with van der Waals surface area (Å²) >= 11 is 0. The van der Waals surface area contributed by atoms with Crippen LogP contribution in [-0.4, -0.2) is 36.1 Å².